The van der Waals surface area contributed by atoms with Crippen molar-refractivity contribution in [1.82, 2.24) is 24.6 Å². The number of hydrogen-bond donors (Lipinski definition) is 1. The van der Waals surface area contributed by atoms with Gasteiger partial charge in [-0.15, -0.1) is 0 Å². The Labute approximate surface area is 135 Å². The van der Waals surface area contributed by atoms with Crippen molar-refractivity contribution in [2.75, 3.05) is 13.7 Å². The first-order valence-corrected chi connectivity index (χ1v) is 7.31. The highest BCUT2D eigenvalue weighted by Crippen LogP contribution is 2.34. The van der Waals surface area contributed by atoms with E-state index in [1.54, 1.807) is 13.2 Å². The molecule has 1 amide bonds. The molecule has 0 unspecified atom stereocenters. The van der Waals surface area contributed by atoms with E-state index in [-0.39, 0.29) is 31.2 Å². The highest BCUT2D eigenvalue weighted by atomic mass is 19.4. The molecule has 3 heterocycles. The van der Waals surface area contributed by atoms with Crippen LogP contribution in [0.1, 0.15) is 22.6 Å². The van der Waals surface area contributed by atoms with Gasteiger partial charge in [0.15, 0.2) is 5.69 Å². The molecule has 0 aliphatic carbocycles. The Bertz CT molecular complexity index is 724. The summed E-state index contributed by atoms with van der Waals surface area (Å²) in [6.07, 6.45) is -1.19. The topological polar surface area (TPSA) is 76.0 Å². The molecular weight excluding hydrogens is 327 g/mol. The maximum atomic E-state index is 13.1. The number of nitrogens with zero attached hydrogens (tertiary/aromatic N) is 4. The van der Waals surface area contributed by atoms with Crippen molar-refractivity contribution in [2.45, 2.75) is 32.3 Å². The van der Waals surface area contributed by atoms with Gasteiger partial charge in [0.25, 0.3) is 0 Å². The zero-order valence-corrected chi connectivity index (χ0v) is 12.9. The lowest BCUT2D eigenvalue weighted by atomic mass is 10.1. The molecule has 0 saturated carbocycles. The summed E-state index contributed by atoms with van der Waals surface area (Å²) in [6.45, 7) is 0.219. The molecule has 0 radical (unpaired) electrons. The minimum absolute atomic E-state index is 0.0257. The van der Waals surface area contributed by atoms with Crippen LogP contribution in [0.5, 0.6) is 0 Å². The first kappa shape index (κ1) is 16.5. The normalized spacial score (nSPS) is 14.5. The molecular formula is C14H16F3N5O2. The third-order valence-electron chi connectivity index (χ3n) is 3.84. The number of H-pyrrole nitrogens is 1. The van der Waals surface area contributed by atoms with Crippen LogP contribution >= 0.6 is 0 Å². The van der Waals surface area contributed by atoms with Gasteiger partial charge in [-0.05, 0) is 0 Å². The molecule has 1 N–H and O–H groups in total. The van der Waals surface area contributed by atoms with E-state index in [1.165, 1.54) is 11.2 Å². The fourth-order valence-electron chi connectivity index (χ4n) is 2.63. The minimum Gasteiger partial charge on any atom is -0.376 e. The fraction of sp³-hybridized carbons (Fsp3) is 0.500. The average molecular weight is 343 g/mol. The van der Waals surface area contributed by atoms with Crippen molar-refractivity contribution in [3.05, 3.63) is 35.2 Å². The second kappa shape index (κ2) is 6.27. The van der Waals surface area contributed by atoms with Gasteiger partial charge in [0.05, 0.1) is 31.8 Å². The second-order valence-corrected chi connectivity index (χ2v) is 5.56. The first-order valence-electron chi connectivity index (χ1n) is 7.31. The minimum atomic E-state index is -4.57. The van der Waals surface area contributed by atoms with Gasteiger partial charge in [-0.3, -0.25) is 9.48 Å². The Hall–Kier alpha value is -2.36. The van der Waals surface area contributed by atoms with E-state index in [9.17, 15) is 18.0 Å². The van der Waals surface area contributed by atoms with Gasteiger partial charge in [0, 0.05) is 30.9 Å². The number of amides is 1. The zero-order valence-electron chi connectivity index (χ0n) is 12.9. The summed E-state index contributed by atoms with van der Waals surface area (Å²) in [5.74, 6) is -0.338. The SMILES string of the molecule is CN(Cc1cnc[nH]1)C(=O)Cn1nc(C(F)(F)F)c2c1CCOC2. The van der Waals surface area contributed by atoms with Crippen LogP contribution in [-0.4, -0.2) is 44.2 Å². The number of carbonyl (C=O) groups is 1. The summed E-state index contributed by atoms with van der Waals surface area (Å²) in [5, 5.41) is 3.63. The molecule has 0 fully saturated rings. The highest BCUT2D eigenvalue weighted by Gasteiger charge is 2.40. The molecule has 0 aromatic carbocycles. The monoisotopic (exact) mass is 343 g/mol. The maximum Gasteiger partial charge on any atom is 0.435 e. The second-order valence-electron chi connectivity index (χ2n) is 5.56. The number of ether oxygens (including phenoxy) is 1. The van der Waals surface area contributed by atoms with Crippen molar-refractivity contribution < 1.29 is 22.7 Å². The summed E-state index contributed by atoms with van der Waals surface area (Å²) in [5.41, 5.74) is 0.202. The average Bonchev–Trinajstić information content (AvgIpc) is 3.15. The summed E-state index contributed by atoms with van der Waals surface area (Å²) < 4.78 is 45.6. The van der Waals surface area contributed by atoms with Crippen LogP contribution in [0.3, 0.4) is 0 Å². The quantitative estimate of drug-likeness (QED) is 0.909. The molecule has 2 aromatic heterocycles. The van der Waals surface area contributed by atoms with Crippen LogP contribution in [0.2, 0.25) is 0 Å². The van der Waals surface area contributed by atoms with E-state index >= 15 is 0 Å². The van der Waals surface area contributed by atoms with E-state index in [0.717, 1.165) is 10.4 Å². The predicted octanol–water partition coefficient (Wildman–Crippen LogP) is 1.36. The molecule has 2 aromatic rings. The lowest BCUT2D eigenvalue weighted by Crippen LogP contribution is -2.31. The number of fused-ring (bicyclic) bond motifs is 1. The molecule has 0 bridgehead atoms. The third-order valence-corrected chi connectivity index (χ3v) is 3.84. The number of imidazole rings is 1. The molecule has 24 heavy (non-hydrogen) atoms. The largest absolute Gasteiger partial charge is 0.435 e. The number of alkyl halides is 3. The van der Waals surface area contributed by atoms with E-state index in [4.69, 9.17) is 4.74 Å². The molecule has 130 valence electrons. The lowest BCUT2D eigenvalue weighted by Gasteiger charge is -2.18. The van der Waals surface area contributed by atoms with Crippen LogP contribution in [-0.2, 0) is 41.8 Å². The van der Waals surface area contributed by atoms with Crippen LogP contribution in [0.15, 0.2) is 12.5 Å². The number of hydrogen-bond acceptors (Lipinski definition) is 4. The molecule has 3 rings (SSSR count). The van der Waals surface area contributed by atoms with Crippen LogP contribution in [0.25, 0.3) is 0 Å². The van der Waals surface area contributed by atoms with Gasteiger partial charge in [-0.1, -0.05) is 0 Å². The molecule has 7 nitrogen and oxygen atoms in total. The van der Waals surface area contributed by atoms with Crippen molar-refractivity contribution in [1.29, 1.82) is 0 Å². The smallest absolute Gasteiger partial charge is 0.376 e. The maximum absolute atomic E-state index is 13.1. The van der Waals surface area contributed by atoms with Crippen molar-refractivity contribution in [2.24, 2.45) is 0 Å². The lowest BCUT2D eigenvalue weighted by molar-refractivity contribution is -0.143. The molecule has 0 spiro atoms. The standard InChI is InChI=1S/C14H16F3N5O2/c1-21(5-9-4-18-8-19-9)12(23)6-22-11-2-3-24-7-10(11)13(20-22)14(15,16)17/h4,8H,2-3,5-7H2,1H3,(H,18,19). The zero-order chi connectivity index (χ0) is 17.3. The highest BCUT2D eigenvalue weighted by molar-refractivity contribution is 5.75. The summed E-state index contributed by atoms with van der Waals surface area (Å²) >= 11 is 0. The molecule has 0 saturated heterocycles. The Morgan fingerprint density at radius 3 is 2.96 bits per heavy atom. The first-order chi connectivity index (χ1) is 11.4. The van der Waals surface area contributed by atoms with Gasteiger partial charge >= 0.3 is 6.18 Å². The Morgan fingerprint density at radius 1 is 1.50 bits per heavy atom. The summed E-state index contributed by atoms with van der Waals surface area (Å²) in [7, 11) is 1.58. The van der Waals surface area contributed by atoms with Crippen molar-refractivity contribution in [3.63, 3.8) is 0 Å². The third kappa shape index (κ3) is 3.28. The van der Waals surface area contributed by atoms with Crippen LogP contribution in [0.4, 0.5) is 13.2 Å². The summed E-state index contributed by atoms with van der Waals surface area (Å²) in [4.78, 5) is 20.4. The van der Waals surface area contributed by atoms with Crippen LogP contribution < -0.4 is 0 Å². The van der Waals surface area contributed by atoms with E-state index in [2.05, 4.69) is 15.1 Å². The van der Waals surface area contributed by atoms with Gasteiger partial charge in [0.1, 0.15) is 6.54 Å². The van der Waals surface area contributed by atoms with Gasteiger partial charge in [-0.2, -0.15) is 18.3 Å². The molecule has 1 aliphatic heterocycles. The van der Waals surface area contributed by atoms with Gasteiger partial charge in [0.2, 0.25) is 5.91 Å². The Balaban J connectivity index is 1.79. The number of halogens is 3. The fourth-order valence-corrected chi connectivity index (χ4v) is 2.63. The summed E-state index contributed by atoms with van der Waals surface area (Å²) in [6, 6.07) is 0. The van der Waals surface area contributed by atoms with Crippen LogP contribution in [0, 0.1) is 0 Å². The number of aromatic amines is 1. The van der Waals surface area contributed by atoms with Crippen molar-refractivity contribution >= 4 is 5.91 Å². The van der Waals surface area contributed by atoms with E-state index in [0.29, 0.717) is 18.7 Å². The van der Waals surface area contributed by atoms with Gasteiger partial charge < -0.3 is 14.6 Å². The number of aromatic nitrogens is 4. The number of nitrogens with one attached hydrogen (secondary N) is 1. The Morgan fingerprint density at radius 2 is 2.29 bits per heavy atom. The molecule has 1 aliphatic rings. The van der Waals surface area contributed by atoms with Crippen molar-refractivity contribution in [3.8, 4) is 0 Å². The molecule has 0 atom stereocenters. The van der Waals surface area contributed by atoms with E-state index in [1.807, 2.05) is 0 Å². The van der Waals surface area contributed by atoms with E-state index < -0.39 is 11.9 Å². The Kier molecular flexibility index (Phi) is 4.31. The predicted molar refractivity (Wildman–Crippen MR) is 75.7 cm³/mol. The number of rotatable bonds is 4. The number of carbonyl (C=O) groups excluding carboxylic acids is 1. The van der Waals surface area contributed by atoms with Gasteiger partial charge in [-0.25, -0.2) is 4.98 Å². The number of likely N-dealkylation sites (N-methyl/N-ethyl adjacent to an activating group) is 1. The molecule has 10 heteroatoms.